The SMILES string of the molecule is CCN1CCOC(c2noc(CCC(C)CN)n2)C1. The zero-order valence-corrected chi connectivity index (χ0v) is 11.8. The fourth-order valence-corrected chi connectivity index (χ4v) is 2.13. The van der Waals surface area contributed by atoms with Crippen molar-refractivity contribution in [1.29, 1.82) is 0 Å². The van der Waals surface area contributed by atoms with Crippen molar-refractivity contribution < 1.29 is 9.26 Å². The van der Waals surface area contributed by atoms with Crippen LogP contribution in [0, 0.1) is 5.92 Å². The predicted octanol–water partition coefficient (Wildman–Crippen LogP) is 0.990. The average Bonchev–Trinajstić information content (AvgIpc) is 2.93. The summed E-state index contributed by atoms with van der Waals surface area (Å²) in [5.74, 6) is 1.85. The van der Waals surface area contributed by atoms with Gasteiger partial charge in [0.15, 0.2) is 0 Å². The van der Waals surface area contributed by atoms with Gasteiger partial charge in [-0.15, -0.1) is 0 Å². The summed E-state index contributed by atoms with van der Waals surface area (Å²) in [6.07, 6.45) is 1.71. The second-order valence-corrected chi connectivity index (χ2v) is 5.18. The standard InChI is InChI=1S/C13H24N4O2/c1-3-17-6-7-18-11(9-17)13-15-12(19-16-13)5-4-10(2)8-14/h10-11H,3-9,14H2,1-2H3. The molecule has 0 amide bonds. The number of aromatic nitrogens is 2. The van der Waals surface area contributed by atoms with Gasteiger partial charge < -0.3 is 15.0 Å². The van der Waals surface area contributed by atoms with Gasteiger partial charge in [-0.3, -0.25) is 4.90 Å². The lowest BCUT2D eigenvalue weighted by Crippen LogP contribution is -2.38. The van der Waals surface area contributed by atoms with Crippen LogP contribution in [-0.4, -0.2) is 47.8 Å². The lowest BCUT2D eigenvalue weighted by Gasteiger charge is -2.30. The maximum atomic E-state index is 5.71. The minimum Gasteiger partial charge on any atom is -0.367 e. The lowest BCUT2D eigenvalue weighted by molar-refractivity contribution is -0.0334. The molecule has 0 bridgehead atoms. The summed E-state index contributed by atoms with van der Waals surface area (Å²) in [6.45, 7) is 8.54. The van der Waals surface area contributed by atoms with Crippen molar-refractivity contribution in [2.24, 2.45) is 11.7 Å². The van der Waals surface area contributed by atoms with E-state index in [-0.39, 0.29) is 6.10 Å². The number of likely N-dealkylation sites (N-methyl/N-ethyl adjacent to an activating group) is 1. The van der Waals surface area contributed by atoms with Gasteiger partial charge in [0.25, 0.3) is 0 Å². The monoisotopic (exact) mass is 268 g/mol. The Bertz CT molecular complexity index is 382. The minimum atomic E-state index is -0.0573. The van der Waals surface area contributed by atoms with Crippen molar-refractivity contribution >= 4 is 0 Å². The van der Waals surface area contributed by atoms with Gasteiger partial charge in [-0.25, -0.2) is 0 Å². The first-order valence-electron chi connectivity index (χ1n) is 7.09. The Morgan fingerprint density at radius 3 is 3.11 bits per heavy atom. The molecule has 2 atom stereocenters. The maximum absolute atomic E-state index is 5.71. The first-order valence-corrected chi connectivity index (χ1v) is 7.09. The quantitative estimate of drug-likeness (QED) is 0.829. The highest BCUT2D eigenvalue weighted by Gasteiger charge is 2.25. The number of hydrogen-bond acceptors (Lipinski definition) is 6. The molecule has 108 valence electrons. The number of nitrogens with zero attached hydrogens (tertiary/aromatic N) is 3. The van der Waals surface area contributed by atoms with Crippen LogP contribution in [0.15, 0.2) is 4.52 Å². The summed E-state index contributed by atoms with van der Waals surface area (Å²) in [5, 5.41) is 4.04. The molecule has 2 unspecified atom stereocenters. The summed E-state index contributed by atoms with van der Waals surface area (Å²) in [4.78, 5) is 6.77. The molecule has 1 saturated heterocycles. The van der Waals surface area contributed by atoms with Gasteiger partial charge in [-0.05, 0) is 25.4 Å². The molecule has 1 aromatic heterocycles. The molecule has 6 heteroatoms. The molecule has 2 rings (SSSR count). The van der Waals surface area contributed by atoms with Crippen LogP contribution in [0.3, 0.4) is 0 Å². The number of nitrogens with two attached hydrogens (primary N) is 1. The van der Waals surface area contributed by atoms with Crippen molar-refractivity contribution in [3.8, 4) is 0 Å². The number of ether oxygens (including phenoxy) is 1. The zero-order chi connectivity index (χ0) is 13.7. The number of morpholine rings is 1. The van der Waals surface area contributed by atoms with E-state index >= 15 is 0 Å². The Hall–Kier alpha value is -0.980. The van der Waals surface area contributed by atoms with Gasteiger partial charge in [0.2, 0.25) is 11.7 Å². The van der Waals surface area contributed by atoms with Crippen LogP contribution in [0.4, 0.5) is 0 Å². The van der Waals surface area contributed by atoms with Gasteiger partial charge in [-0.1, -0.05) is 19.0 Å². The lowest BCUT2D eigenvalue weighted by atomic mass is 10.1. The van der Waals surface area contributed by atoms with Crippen molar-refractivity contribution in [2.45, 2.75) is 32.8 Å². The van der Waals surface area contributed by atoms with Crippen LogP contribution in [0.5, 0.6) is 0 Å². The molecule has 1 aliphatic rings. The number of hydrogen-bond donors (Lipinski definition) is 1. The van der Waals surface area contributed by atoms with E-state index in [9.17, 15) is 0 Å². The fourth-order valence-electron chi connectivity index (χ4n) is 2.13. The molecule has 1 aliphatic heterocycles. The topological polar surface area (TPSA) is 77.4 Å². The zero-order valence-electron chi connectivity index (χ0n) is 11.8. The van der Waals surface area contributed by atoms with E-state index < -0.39 is 0 Å². The minimum absolute atomic E-state index is 0.0573. The summed E-state index contributed by atoms with van der Waals surface area (Å²) in [7, 11) is 0. The molecular weight excluding hydrogens is 244 g/mol. The molecule has 19 heavy (non-hydrogen) atoms. The van der Waals surface area contributed by atoms with E-state index in [2.05, 4.69) is 28.9 Å². The third-order valence-electron chi connectivity index (χ3n) is 3.62. The summed E-state index contributed by atoms with van der Waals surface area (Å²) in [5.41, 5.74) is 5.60. The summed E-state index contributed by atoms with van der Waals surface area (Å²) < 4.78 is 11.0. The molecule has 0 aliphatic carbocycles. The summed E-state index contributed by atoms with van der Waals surface area (Å²) >= 11 is 0. The smallest absolute Gasteiger partial charge is 0.226 e. The van der Waals surface area contributed by atoms with Crippen LogP contribution < -0.4 is 5.73 Å². The van der Waals surface area contributed by atoms with E-state index in [1.807, 2.05) is 0 Å². The first-order chi connectivity index (χ1) is 9.22. The molecule has 2 heterocycles. The van der Waals surface area contributed by atoms with Crippen molar-refractivity contribution in [3.63, 3.8) is 0 Å². The Balaban J connectivity index is 1.89. The van der Waals surface area contributed by atoms with Crippen LogP contribution >= 0.6 is 0 Å². The van der Waals surface area contributed by atoms with Crippen LogP contribution in [0.1, 0.15) is 38.1 Å². The molecule has 1 aromatic rings. The van der Waals surface area contributed by atoms with Crippen molar-refractivity contribution in [3.05, 3.63) is 11.7 Å². The van der Waals surface area contributed by atoms with Crippen LogP contribution in [0.25, 0.3) is 0 Å². The molecule has 0 spiro atoms. The van der Waals surface area contributed by atoms with E-state index in [0.717, 1.165) is 39.1 Å². The van der Waals surface area contributed by atoms with Gasteiger partial charge in [0, 0.05) is 19.5 Å². The number of aryl methyl sites for hydroxylation is 1. The molecule has 0 aromatic carbocycles. The molecular formula is C13H24N4O2. The highest BCUT2D eigenvalue weighted by atomic mass is 16.5. The van der Waals surface area contributed by atoms with Gasteiger partial charge in [0.05, 0.1) is 6.61 Å². The number of rotatable bonds is 6. The Morgan fingerprint density at radius 2 is 2.37 bits per heavy atom. The highest BCUT2D eigenvalue weighted by Crippen LogP contribution is 2.20. The Morgan fingerprint density at radius 1 is 1.53 bits per heavy atom. The van der Waals surface area contributed by atoms with Crippen molar-refractivity contribution in [1.82, 2.24) is 15.0 Å². The second kappa shape index (κ2) is 6.98. The Kier molecular flexibility index (Phi) is 5.30. The average molecular weight is 268 g/mol. The third kappa shape index (κ3) is 3.99. The normalized spacial score (nSPS) is 22.6. The molecule has 0 radical (unpaired) electrons. The van der Waals surface area contributed by atoms with E-state index in [1.165, 1.54) is 0 Å². The first kappa shape index (κ1) is 14.4. The summed E-state index contributed by atoms with van der Waals surface area (Å²) in [6, 6.07) is 0. The fraction of sp³-hybridized carbons (Fsp3) is 0.846. The predicted molar refractivity (Wildman–Crippen MR) is 71.6 cm³/mol. The van der Waals surface area contributed by atoms with Gasteiger partial charge in [-0.2, -0.15) is 4.98 Å². The van der Waals surface area contributed by atoms with Crippen LogP contribution in [-0.2, 0) is 11.2 Å². The van der Waals surface area contributed by atoms with Gasteiger partial charge in [0.1, 0.15) is 6.10 Å². The Labute approximate surface area is 114 Å². The van der Waals surface area contributed by atoms with E-state index in [0.29, 0.717) is 24.2 Å². The van der Waals surface area contributed by atoms with Crippen molar-refractivity contribution in [2.75, 3.05) is 32.8 Å². The van der Waals surface area contributed by atoms with E-state index in [4.69, 9.17) is 15.0 Å². The molecule has 0 saturated carbocycles. The highest BCUT2D eigenvalue weighted by molar-refractivity contribution is 4.94. The largest absolute Gasteiger partial charge is 0.367 e. The maximum Gasteiger partial charge on any atom is 0.226 e. The van der Waals surface area contributed by atoms with Crippen LogP contribution in [0.2, 0.25) is 0 Å². The molecule has 1 fully saturated rings. The molecule has 6 nitrogen and oxygen atoms in total. The van der Waals surface area contributed by atoms with E-state index in [1.54, 1.807) is 0 Å². The second-order valence-electron chi connectivity index (χ2n) is 5.18. The molecule has 2 N–H and O–H groups in total. The van der Waals surface area contributed by atoms with Gasteiger partial charge >= 0.3 is 0 Å². The third-order valence-corrected chi connectivity index (χ3v) is 3.62.